The lowest BCUT2D eigenvalue weighted by Gasteiger charge is -2.12. The van der Waals surface area contributed by atoms with Crippen LogP contribution in [0.3, 0.4) is 0 Å². The Morgan fingerprint density at radius 3 is 2.52 bits per heavy atom. The van der Waals surface area contributed by atoms with Gasteiger partial charge < -0.3 is 19.9 Å². The van der Waals surface area contributed by atoms with Gasteiger partial charge in [0.1, 0.15) is 6.04 Å². The number of methoxy groups -OCH3 is 1. The lowest BCUT2D eigenvalue weighted by molar-refractivity contribution is -0.141. The molecule has 0 aliphatic heterocycles. The van der Waals surface area contributed by atoms with Crippen LogP contribution in [0.2, 0.25) is 0 Å². The number of hydrogen-bond donors (Lipinski definition) is 2. The number of carbonyl (C=O) groups excluding carboxylic acids is 2. The summed E-state index contributed by atoms with van der Waals surface area (Å²) in [4.78, 5) is 33.5. The van der Waals surface area contributed by atoms with E-state index >= 15 is 0 Å². The first kappa shape index (κ1) is 18.5. The molecule has 7 nitrogen and oxygen atoms in total. The third-order valence-electron chi connectivity index (χ3n) is 3.12. The van der Waals surface area contributed by atoms with Crippen LogP contribution in [0.1, 0.15) is 37.0 Å². The van der Waals surface area contributed by atoms with Crippen LogP contribution in [0, 0.1) is 0 Å². The summed E-state index contributed by atoms with van der Waals surface area (Å²) < 4.78 is 10.7. The molecule has 0 heterocycles. The van der Waals surface area contributed by atoms with Crippen molar-refractivity contribution in [1.29, 1.82) is 0 Å². The molecule has 1 atom stereocenters. The molecule has 126 valence electrons. The van der Waals surface area contributed by atoms with Crippen molar-refractivity contribution in [2.75, 3.05) is 13.7 Å². The standard InChI is InChI=1S/C16H21NO6/c1-10(16(20)21)17-15(19)5-4-8-23-13-7-6-12(11(2)18)9-14(13)22-3/h6-7,9-10H,4-5,8H2,1-3H3,(H,17,19)(H,20,21)/t10-/m1/s1. The fourth-order valence-corrected chi connectivity index (χ4v) is 1.80. The van der Waals surface area contributed by atoms with Gasteiger partial charge in [0.2, 0.25) is 5.91 Å². The van der Waals surface area contributed by atoms with E-state index in [0.29, 0.717) is 23.5 Å². The Morgan fingerprint density at radius 2 is 1.96 bits per heavy atom. The molecule has 1 aromatic carbocycles. The van der Waals surface area contributed by atoms with Gasteiger partial charge >= 0.3 is 5.97 Å². The first-order chi connectivity index (χ1) is 10.8. The number of rotatable bonds is 9. The number of benzene rings is 1. The zero-order valence-electron chi connectivity index (χ0n) is 13.4. The second kappa shape index (κ2) is 8.77. The number of ketones is 1. The molecule has 0 unspecified atom stereocenters. The molecule has 0 fully saturated rings. The summed E-state index contributed by atoms with van der Waals surface area (Å²) in [6.07, 6.45) is 0.585. The van der Waals surface area contributed by atoms with E-state index < -0.39 is 12.0 Å². The summed E-state index contributed by atoms with van der Waals surface area (Å²) in [6, 6.07) is 3.96. The van der Waals surface area contributed by atoms with Crippen molar-refractivity contribution in [2.24, 2.45) is 0 Å². The molecule has 23 heavy (non-hydrogen) atoms. The van der Waals surface area contributed by atoms with E-state index in [1.165, 1.54) is 21.0 Å². The lowest BCUT2D eigenvalue weighted by atomic mass is 10.1. The van der Waals surface area contributed by atoms with Crippen LogP contribution in [-0.4, -0.2) is 42.5 Å². The highest BCUT2D eigenvalue weighted by atomic mass is 16.5. The van der Waals surface area contributed by atoms with Gasteiger partial charge in [0.25, 0.3) is 0 Å². The SMILES string of the molecule is COc1cc(C(C)=O)ccc1OCCCC(=O)N[C@H](C)C(=O)O. The van der Waals surface area contributed by atoms with Crippen molar-refractivity contribution < 1.29 is 29.0 Å². The van der Waals surface area contributed by atoms with E-state index in [1.807, 2.05) is 0 Å². The maximum Gasteiger partial charge on any atom is 0.325 e. The minimum atomic E-state index is -1.08. The highest BCUT2D eigenvalue weighted by molar-refractivity contribution is 5.94. The fraction of sp³-hybridized carbons (Fsp3) is 0.438. The minimum Gasteiger partial charge on any atom is -0.493 e. The van der Waals surface area contributed by atoms with Crippen molar-refractivity contribution in [1.82, 2.24) is 5.32 Å². The average molecular weight is 323 g/mol. The number of ether oxygens (including phenoxy) is 2. The molecule has 0 aliphatic carbocycles. The Labute approximate surface area is 134 Å². The molecule has 0 spiro atoms. The molecule has 0 saturated heterocycles. The topological polar surface area (TPSA) is 102 Å². The third-order valence-corrected chi connectivity index (χ3v) is 3.12. The van der Waals surface area contributed by atoms with Crippen molar-refractivity contribution in [3.63, 3.8) is 0 Å². The first-order valence-electron chi connectivity index (χ1n) is 7.19. The summed E-state index contributed by atoms with van der Waals surface area (Å²) in [6.45, 7) is 3.13. The maximum atomic E-state index is 11.5. The van der Waals surface area contributed by atoms with Crippen molar-refractivity contribution >= 4 is 17.7 Å². The van der Waals surface area contributed by atoms with Gasteiger partial charge in [-0.2, -0.15) is 0 Å². The Hall–Kier alpha value is -2.57. The lowest BCUT2D eigenvalue weighted by Crippen LogP contribution is -2.38. The van der Waals surface area contributed by atoms with E-state index in [2.05, 4.69) is 5.32 Å². The smallest absolute Gasteiger partial charge is 0.325 e. The predicted molar refractivity (Wildman–Crippen MR) is 83.0 cm³/mol. The highest BCUT2D eigenvalue weighted by Gasteiger charge is 2.13. The van der Waals surface area contributed by atoms with Gasteiger partial charge in [0, 0.05) is 12.0 Å². The summed E-state index contributed by atoms with van der Waals surface area (Å²) in [5.74, 6) is -0.565. The van der Waals surface area contributed by atoms with Gasteiger partial charge in [-0.25, -0.2) is 0 Å². The van der Waals surface area contributed by atoms with Gasteiger partial charge in [0.05, 0.1) is 13.7 Å². The van der Waals surface area contributed by atoms with Crippen LogP contribution in [0.5, 0.6) is 11.5 Å². The number of amides is 1. The summed E-state index contributed by atoms with van der Waals surface area (Å²) >= 11 is 0. The quantitative estimate of drug-likeness (QED) is 0.529. The molecule has 1 aromatic rings. The van der Waals surface area contributed by atoms with Crippen LogP contribution < -0.4 is 14.8 Å². The first-order valence-corrected chi connectivity index (χ1v) is 7.19. The Balaban J connectivity index is 2.45. The summed E-state index contributed by atoms with van der Waals surface area (Å²) in [7, 11) is 1.48. The van der Waals surface area contributed by atoms with Crippen LogP contribution in [-0.2, 0) is 9.59 Å². The van der Waals surface area contributed by atoms with Gasteiger partial charge in [-0.15, -0.1) is 0 Å². The zero-order valence-corrected chi connectivity index (χ0v) is 13.4. The molecule has 0 radical (unpaired) electrons. The summed E-state index contributed by atoms with van der Waals surface area (Å²) in [5.41, 5.74) is 0.524. The third kappa shape index (κ3) is 5.98. The molecule has 0 bridgehead atoms. The highest BCUT2D eigenvalue weighted by Crippen LogP contribution is 2.28. The van der Waals surface area contributed by atoms with Crippen molar-refractivity contribution in [2.45, 2.75) is 32.7 Å². The second-order valence-electron chi connectivity index (χ2n) is 5.00. The van der Waals surface area contributed by atoms with Crippen LogP contribution in [0.4, 0.5) is 0 Å². The largest absolute Gasteiger partial charge is 0.493 e. The van der Waals surface area contributed by atoms with Crippen LogP contribution in [0.25, 0.3) is 0 Å². The van der Waals surface area contributed by atoms with Gasteiger partial charge in [0.15, 0.2) is 17.3 Å². The molecular weight excluding hydrogens is 302 g/mol. The van der Waals surface area contributed by atoms with Gasteiger partial charge in [-0.1, -0.05) is 0 Å². The van der Waals surface area contributed by atoms with Gasteiger partial charge in [-0.3, -0.25) is 14.4 Å². The van der Waals surface area contributed by atoms with E-state index in [4.69, 9.17) is 14.6 Å². The molecule has 2 N–H and O–H groups in total. The monoisotopic (exact) mass is 323 g/mol. The van der Waals surface area contributed by atoms with E-state index in [9.17, 15) is 14.4 Å². The molecule has 1 rings (SSSR count). The number of carboxylic acids is 1. The Bertz CT molecular complexity index is 584. The van der Waals surface area contributed by atoms with Crippen LogP contribution >= 0.6 is 0 Å². The zero-order chi connectivity index (χ0) is 17.4. The number of aliphatic carboxylic acids is 1. The van der Waals surface area contributed by atoms with E-state index in [1.54, 1.807) is 18.2 Å². The molecule has 0 aliphatic rings. The molecular formula is C16H21NO6. The molecule has 1 amide bonds. The number of carboxylic acid groups (broad SMARTS) is 1. The normalized spacial score (nSPS) is 11.4. The Kier molecular flexibility index (Phi) is 7.05. The number of Topliss-reactive ketones (excluding diaryl/α,β-unsaturated/α-hetero) is 1. The van der Waals surface area contributed by atoms with Crippen molar-refractivity contribution in [3.8, 4) is 11.5 Å². The van der Waals surface area contributed by atoms with E-state index in [0.717, 1.165) is 0 Å². The maximum absolute atomic E-state index is 11.5. The Morgan fingerprint density at radius 1 is 1.26 bits per heavy atom. The molecule has 7 heteroatoms. The van der Waals surface area contributed by atoms with Gasteiger partial charge in [-0.05, 0) is 38.5 Å². The molecule has 0 saturated carbocycles. The fourth-order valence-electron chi connectivity index (χ4n) is 1.80. The number of nitrogens with one attached hydrogen (secondary N) is 1. The minimum absolute atomic E-state index is 0.0703. The van der Waals surface area contributed by atoms with E-state index in [-0.39, 0.29) is 24.7 Å². The second-order valence-corrected chi connectivity index (χ2v) is 5.00. The van der Waals surface area contributed by atoms with Crippen LogP contribution in [0.15, 0.2) is 18.2 Å². The predicted octanol–water partition coefficient (Wildman–Crippen LogP) is 1.65. The number of carbonyl (C=O) groups is 3. The average Bonchev–Trinajstić information content (AvgIpc) is 2.51. The van der Waals surface area contributed by atoms with Crippen molar-refractivity contribution in [3.05, 3.63) is 23.8 Å². The number of hydrogen-bond acceptors (Lipinski definition) is 5. The summed E-state index contributed by atoms with van der Waals surface area (Å²) in [5, 5.41) is 11.1. The molecule has 0 aromatic heterocycles.